The number of benzene rings is 2. The van der Waals surface area contributed by atoms with Crippen molar-refractivity contribution < 1.29 is 4.79 Å². The number of amides is 2. The molecule has 2 aromatic carbocycles. The Hall–Kier alpha value is -3.08. The van der Waals surface area contributed by atoms with Gasteiger partial charge in [0, 0.05) is 43.1 Å². The number of likely N-dealkylation sites (tertiary alicyclic amines) is 1. The molecular formula is C22H24N4O. The van der Waals surface area contributed by atoms with Crippen LogP contribution in [0.25, 0.3) is 0 Å². The lowest BCUT2D eigenvalue weighted by Crippen LogP contribution is -2.33. The number of carbonyl (C=O) groups excluding carboxylic acids is 1. The largest absolute Gasteiger partial charge is 0.328 e. The molecule has 1 unspecified atom stereocenters. The molecule has 1 saturated heterocycles. The van der Waals surface area contributed by atoms with Crippen LogP contribution in [0.15, 0.2) is 66.9 Å². The van der Waals surface area contributed by atoms with Gasteiger partial charge in [-0.25, -0.2) is 9.78 Å². The summed E-state index contributed by atoms with van der Waals surface area (Å²) in [6, 6.07) is 20.0. The monoisotopic (exact) mass is 360 g/mol. The lowest BCUT2D eigenvalue weighted by molar-refractivity contribution is 0.222. The highest BCUT2D eigenvalue weighted by Gasteiger charge is 2.30. The van der Waals surface area contributed by atoms with Gasteiger partial charge in [0.05, 0.1) is 0 Å². The molecule has 1 aromatic heterocycles. The van der Waals surface area contributed by atoms with Gasteiger partial charge in [-0.15, -0.1) is 0 Å². The van der Waals surface area contributed by atoms with Crippen LogP contribution in [0.5, 0.6) is 0 Å². The fourth-order valence-electron chi connectivity index (χ4n) is 3.66. The number of imidazole rings is 1. The van der Waals surface area contributed by atoms with Crippen LogP contribution in [-0.2, 0) is 6.54 Å². The Kier molecular flexibility index (Phi) is 4.92. The first-order chi connectivity index (χ1) is 13.2. The summed E-state index contributed by atoms with van der Waals surface area (Å²) in [5.74, 6) is 1.34. The van der Waals surface area contributed by atoms with Crippen molar-refractivity contribution in [2.75, 3.05) is 18.4 Å². The first-order valence-corrected chi connectivity index (χ1v) is 9.37. The summed E-state index contributed by atoms with van der Waals surface area (Å²) in [5.41, 5.74) is 3.24. The summed E-state index contributed by atoms with van der Waals surface area (Å²) >= 11 is 0. The van der Waals surface area contributed by atoms with Gasteiger partial charge < -0.3 is 14.8 Å². The third kappa shape index (κ3) is 3.87. The van der Waals surface area contributed by atoms with Crippen molar-refractivity contribution in [1.82, 2.24) is 14.5 Å². The second-order valence-electron chi connectivity index (χ2n) is 7.06. The molecule has 1 aliphatic heterocycles. The number of para-hydroxylation sites is 1. The average molecular weight is 360 g/mol. The van der Waals surface area contributed by atoms with Crippen LogP contribution < -0.4 is 5.32 Å². The number of hydrogen-bond acceptors (Lipinski definition) is 2. The fraction of sp³-hybridized carbons (Fsp3) is 0.273. The number of hydrogen-bond donors (Lipinski definition) is 1. The first-order valence-electron chi connectivity index (χ1n) is 9.37. The van der Waals surface area contributed by atoms with E-state index in [2.05, 4.69) is 46.1 Å². The topological polar surface area (TPSA) is 50.2 Å². The second-order valence-corrected chi connectivity index (χ2v) is 7.06. The van der Waals surface area contributed by atoms with E-state index in [1.807, 2.05) is 47.5 Å². The van der Waals surface area contributed by atoms with E-state index in [4.69, 9.17) is 0 Å². The zero-order chi connectivity index (χ0) is 18.6. The molecule has 5 nitrogen and oxygen atoms in total. The molecule has 0 radical (unpaired) electrons. The van der Waals surface area contributed by atoms with Gasteiger partial charge >= 0.3 is 6.03 Å². The summed E-state index contributed by atoms with van der Waals surface area (Å²) in [7, 11) is 0. The van der Waals surface area contributed by atoms with E-state index >= 15 is 0 Å². The molecule has 27 heavy (non-hydrogen) atoms. The SMILES string of the molecule is Cc1cnc(C2CCN(C(=O)Nc3ccccc3)C2)n1Cc1ccccc1. The van der Waals surface area contributed by atoms with Crippen molar-refractivity contribution in [3.63, 3.8) is 0 Å². The van der Waals surface area contributed by atoms with Gasteiger partial charge in [-0.3, -0.25) is 0 Å². The average Bonchev–Trinajstić information content (AvgIpc) is 3.31. The van der Waals surface area contributed by atoms with Crippen molar-refractivity contribution in [2.24, 2.45) is 0 Å². The maximum absolute atomic E-state index is 12.6. The Labute approximate surface area is 159 Å². The number of aryl methyl sites for hydroxylation is 1. The Morgan fingerprint density at radius 2 is 1.81 bits per heavy atom. The number of anilines is 1. The molecule has 2 heterocycles. The number of rotatable bonds is 4. The van der Waals surface area contributed by atoms with Crippen molar-refractivity contribution in [3.05, 3.63) is 83.9 Å². The fourth-order valence-corrected chi connectivity index (χ4v) is 3.66. The number of nitrogens with zero attached hydrogens (tertiary/aromatic N) is 3. The number of carbonyl (C=O) groups is 1. The molecule has 5 heteroatoms. The van der Waals surface area contributed by atoms with Crippen molar-refractivity contribution in [3.8, 4) is 0 Å². The Morgan fingerprint density at radius 1 is 1.11 bits per heavy atom. The molecule has 4 rings (SSSR count). The minimum atomic E-state index is -0.0402. The van der Waals surface area contributed by atoms with E-state index in [0.717, 1.165) is 36.7 Å². The van der Waals surface area contributed by atoms with Crippen LogP contribution >= 0.6 is 0 Å². The molecule has 0 bridgehead atoms. The van der Waals surface area contributed by atoms with Crippen LogP contribution in [0, 0.1) is 6.92 Å². The first kappa shape index (κ1) is 17.3. The van der Waals surface area contributed by atoms with Crippen molar-refractivity contribution >= 4 is 11.7 Å². The highest BCUT2D eigenvalue weighted by Crippen LogP contribution is 2.28. The minimum absolute atomic E-state index is 0.0402. The van der Waals surface area contributed by atoms with E-state index < -0.39 is 0 Å². The quantitative estimate of drug-likeness (QED) is 0.756. The van der Waals surface area contributed by atoms with Gasteiger partial charge in [0.2, 0.25) is 0 Å². The van der Waals surface area contributed by atoms with Crippen LogP contribution in [0.2, 0.25) is 0 Å². The van der Waals surface area contributed by atoms with Gasteiger partial charge in [-0.2, -0.15) is 0 Å². The van der Waals surface area contributed by atoms with Crippen LogP contribution in [0.3, 0.4) is 0 Å². The van der Waals surface area contributed by atoms with Gasteiger partial charge in [0.25, 0.3) is 0 Å². The highest BCUT2D eigenvalue weighted by atomic mass is 16.2. The number of nitrogens with one attached hydrogen (secondary N) is 1. The Bertz CT molecular complexity index is 905. The summed E-state index contributed by atoms with van der Waals surface area (Å²) in [4.78, 5) is 19.1. The minimum Gasteiger partial charge on any atom is -0.328 e. The lowest BCUT2D eigenvalue weighted by Gasteiger charge is -2.18. The van der Waals surface area contributed by atoms with Gasteiger partial charge in [-0.05, 0) is 31.0 Å². The molecule has 1 atom stereocenters. The molecule has 138 valence electrons. The maximum atomic E-state index is 12.6. The zero-order valence-electron chi connectivity index (χ0n) is 15.5. The van der Waals surface area contributed by atoms with Crippen molar-refractivity contribution in [1.29, 1.82) is 0 Å². The molecule has 1 N–H and O–H groups in total. The molecule has 1 fully saturated rings. The summed E-state index contributed by atoms with van der Waals surface area (Å²) < 4.78 is 2.28. The van der Waals surface area contributed by atoms with Gasteiger partial charge in [0.15, 0.2) is 0 Å². The summed E-state index contributed by atoms with van der Waals surface area (Å²) in [6.07, 6.45) is 2.87. The lowest BCUT2D eigenvalue weighted by atomic mass is 10.1. The van der Waals surface area contributed by atoms with Crippen molar-refractivity contribution in [2.45, 2.75) is 25.8 Å². The molecule has 1 aliphatic rings. The zero-order valence-corrected chi connectivity index (χ0v) is 15.5. The normalized spacial score (nSPS) is 16.5. The smallest absolute Gasteiger partial charge is 0.321 e. The molecule has 0 spiro atoms. The molecule has 0 aliphatic carbocycles. The molecule has 2 amide bonds. The third-order valence-electron chi connectivity index (χ3n) is 5.14. The van der Waals surface area contributed by atoms with E-state index in [-0.39, 0.29) is 11.9 Å². The molecular weight excluding hydrogens is 336 g/mol. The van der Waals surface area contributed by atoms with E-state index in [9.17, 15) is 4.79 Å². The second kappa shape index (κ2) is 7.66. The Morgan fingerprint density at radius 3 is 2.56 bits per heavy atom. The van der Waals surface area contributed by atoms with Gasteiger partial charge in [0.1, 0.15) is 5.82 Å². The summed E-state index contributed by atoms with van der Waals surface area (Å²) in [5, 5.41) is 2.98. The number of urea groups is 1. The summed E-state index contributed by atoms with van der Waals surface area (Å²) in [6.45, 7) is 4.35. The number of aromatic nitrogens is 2. The van der Waals surface area contributed by atoms with Crippen LogP contribution in [0.1, 0.15) is 29.4 Å². The molecule has 3 aromatic rings. The van der Waals surface area contributed by atoms with E-state index in [0.29, 0.717) is 6.54 Å². The maximum Gasteiger partial charge on any atom is 0.321 e. The van der Waals surface area contributed by atoms with E-state index in [1.165, 1.54) is 5.56 Å². The third-order valence-corrected chi connectivity index (χ3v) is 5.14. The standard InChI is InChI=1S/C22H24N4O/c1-17-14-23-21(26(17)15-18-8-4-2-5-9-18)19-12-13-25(16-19)22(27)24-20-10-6-3-7-11-20/h2-11,14,19H,12-13,15-16H2,1H3,(H,24,27). The van der Waals surface area contributed by atoms with Crippen LogP contribution in [-0.4, -0.2) is 33.6 Å². The van der Waals surface area contributed by atoms with Gasteiger partial charge in [-0.1, -0.05) is 48.5 Å². The Balaban J connectivity index is 1.45. The predicted molar refractivity (Wildman–Crippen MR) is 107 cm³/mol. The predicted octanol–water partition coefficient (Wildman–Crippen LogP) is 4.26. The van der Waals surface area contributed by atoms with E-state index in [1.54, 1.807) is 0 Å². The molecule has 0 saturated carbocycles. The highest BCUT2D eigenvalue weighted by molar-refractivity contribution is 5.89. The van der Waals surface area contributed by atoms with Crippen LogP contribution in [0.4, 0.5) is 10.5 Å².